The van der Waals surface area contributed by atoms with Gasteiger partial charge in [0.25, 0.3) is 0 Å². The van der Waals surface area contributed by atoms with Gasteiger partial charge in [0.1, 0.15) is 0 Å². The number of rotatable bonds is 5. The first-order valence-electron chi connectivity index (χ1n) is 5.82. The van der Waals surface area contributed by atoms with E-state index in [1.807, 2.05) is 0 Å². The average Bonchev–Trinajstić information content (AvgIpc) is 2.96. The minimum absolute atomic E-state index is 0.0680. The molecule has 0 saturated carbocycles. The molecule has 2 heterocycles. The van der Waals surface area contributed by atoms with E-state index in [1.165, 1.54) is 12.8 Å². The van der Waals surface area contributed by atoms with Crippen molar-refractivity contribution in [3.8, 4) is 0 Å². The molecule has 89 valence electrons. The van der Waals surface area contributed by atoms with E-state index < -0.39 is 0 Å². The highest BCUT2D eigenvalue weighted by Gasteiger charge is 2.33. The summed E-state index contributed by atoms with van der Waals surface area (Å²) in [6.45, 7) is 4.65. The molecular formula is C14H21S2. The normalized spacial score (nSPS) is 22.6. The fourth-order valence-corrected chi connectivity index (χ4v) is 7.38. The van der Waals surface area contributed by atoms with E-state index in [0.717, 1.165) is 0 Å². The van der Waals surface area contributed by atoms with E-state index in [9.17, 15) is 0 Å². The van der Waals surface area contributed by atoms with Gasteiger partial charge in [0, 0.05) is 4.08 Å². The maximum Gasteiger partial charge on any atom is 0.0357 e. The molecule has 0 aliphatic carbocycles. The fourth-order valence-electron chi connectivity index (χ4n) is 2.12. The van der Waals surface area contributed by atoms with Gasteiger partial charge >= 0.3 is 0 Å². The van der Waals surface area contributed by atoms with E-state index in [-0.39, 0.29) is 21.8 Å². The van der Waals surface area contributed by atoms with E-state index in [0.29, 0.717) is 4.08 Å². The van der Waals surface area contributed by atoms with Gasteiger partial charge in [0.05, 0.1) is 0 Å². The number of hydrogen-bond acceptors (Lipinski definition) is 0. The van der Waals surface area contributed by atoms with Crippen LogP contribution in [0.3, 0.4) is 0 Å². The second-order valence-corrected chi connectivity index (χ2v) is 9.49. The molecule has 2 heteroatoms. The van der Waals surface area contributed by atoms with Crippen molar-refractivity contribution < 1.29 is 0 Å². The first-order valence-corrected chi connectivity index (χ1v) is 8.78. The van der Waals surface area contributed by atoms with Gasteiger partial charge < -0.3 is 0 Å². The maximum absolute atomic E-state index is 2.48. The topological polar surface area (TPSA) is 0 Å². The summed E-state index contributed by atoms with van der Waals surface area (Å²) in [7, 11) is -0.136. The molecular weight excluding hydrogens is 232 g/mol. The quantitative estimate of drug-likeness (QED) is 0.647. The Kier molecular flexibility index (Phi) is 4.04. The standard InChI is InChI=1S/C14H21S2/c1-3-4-9-14(2,15-10-5-6-11-15)16-12-7-8-13-16/h3,5-8,10-13,15-16H,4,9H2,1-2H3. The molecule has 0 fully saturated rings. The molecule has 0 N–H and O–H groups in total. The van der Waals surface area contributed by atoms with Gasteiger partial charge in [-0.2, -0.15) is 21.8 Å². The summed E-state index contributed by atoms with van der Waals surface area (Å²) >= 11 is 0. The molecule has 0 aromatic rings. The molecule has 16 heavy (non-hydrogen) atoms. The van der Waals surface area contributed by atoms with Crippen LogP contribution in [0.4, 0.5) is 0 Å². The average molecular weight is 253 g/mol. The van der Waals surface area contributed by atoms with Gasteiger partial charge in [-0.25, -0.2) is 0 Å². The van der Waals surface area contributed by atoms with Crippen molar-refractivity contribution in [2.45, 2.75) is 30.8 Å². The third-order valence-corrected chi connectivity index (χ3v) is 9.26. The lowest BCUT2D eigenvalue weighted by molar-refractivity contribution is 0.757. The minimum Gasteiger partial charge on any atom is -0.200 e. The molecule has 0 saturated heterocycles. The zero-order valence-electron chi connectivity index (χ0n) is 10.0. The van der Waals surface area contributed by atoms with Crippen molar-refractivity contribution in [1.82, 2.24) is 0 Å². The van der Waals surface area contributed by atoms with Crippen LogP contribution in [0, 0.1) is 6.42 Å². The fraction of sp³-hybridized carbons (Fsp3) is 0.357. The van der Waals surface area contributed by atoms with Crippen LogP contribution >= 0.6 is 21.8 Å². The minimum atomic E-state index is -0.0680. The second kappa shape index (κ2) is 5.33. The van der Waals surface area contributed by atoms with Crippen LogP contribution in [0.1, 0.15) is 26.7 Å². The molecule has 2 rings (SSSR count). The van der Waals surface area contributed by atoms with Crippen LogP contribution < -0.4 is 0 Å². The summed E-state index contributed by atoms with van der Waals surface area (Å²) < 4.78 is 0.462. The van der Waals surface area contributed by atoms with E-state index in [4.69, 9.17) is 0 Å². The number of hydrogen-bond donors (Lipinski definition) is 2. The lowest BCUT2D eigenvalue weighted by atomic mass is 10.2. The van der Waals surface area contributed by atoms with Crippen LogP contribution in [0.2, 0.25) is 0 Å². The predicted octanol–water partition coefficient (Wildman–Crippen LogP) is 4.79. The first-order chi connectivity index (χ1) is 7.77. The first kappa shape index (κ1) is 12.1. The SMILES string of the molecule is C[CH]CCC(C)([SH]1C=CC=C1)[SH]1C=CC=C1. The van der Waals surface area contributed by atoms with Crippen molar-refractivity contribution >= 4 is 21.8 Å². The molecule has 0 aromatic heterocycles. The molecule has 0 unspecified atom stereocenters. The summed E-state index contributed by atoms with van der Waals surface area (Å²) in [6.07, 6.45) is 13.7. The molecule has 0 nitrogen and oxygen atoms in total. The lowest BCUT2D eigenvalue weighted by Gasteiger charge is -2.42. The smallest absolute Gasteiger partial charge is 0.0357 e. The van der Waals surface area contributed by atoms with Crippen molar-refractivity contribution in [3.05, 3.63) is 52.4 Å². The van der Waals surface area contributed by atoms with Gasteiger partial charge in [-0.05, 0) is 47.8 Å². The Balaban J connectivity index is 2.17. The Morgan fingerprint density at radius 1 is 0.938 bits per heavy atom. The highest BCUT2D eigenvalue weighted by molar-refractivity contribution is 8.39. The van der Waals surface area contributed by atoms with Crippen molar-refractivity contribution in [3.63, 3.8) is 0 Å². The Morgan fingerprint density at radius 3 is 1.75 bits per heavy atom. The third-order valence-electron chi connectivity index (χ3n) is 3.23. The summed E-state index contributed by atoms with van der Waals surface area (Å²) in [5.41, 5.74) is 0. The van der Waals surface area contributed by atoms with Gasteiger partial charge in [-0.3, -0.25) is 0 Å². The molecule has 0 amide bonds. The van der Waals surface area contributed by atoms with Crippen molar-refractivity contribution in [2.75, 3.05) is 0 Å². The highest BCUT2D eigenvalue weighted by atomic mass is 32.3. The molecule has 1 radical (unpaired) electrons. The monoisotopic (exact) mass is 253 g/mol. The molecule has 2 aliphatic heterocycles. The van der Waals surface area contributed by atoms with E-state index >= 15 is 0 Å². The van der Waals surface area contributed by atoms with Gasteiger partial charge in [0.2, 0.25) is 0 Å². The lowest BCUT2D eigenvalue weighted by Crippen LogP contribution is -2.21. The van der Waals surface area contributed by atoms with E-state index in [1.54, 1.807) is 0 Å². The Hall–Kier alpha value is -0.340. The molecule has 0 spiro atoms. The molecule has 0 aromatic carbocycles. The largest absolute Gasteiger partial charge is 0.200 e. The van der Waals surface area contributed by atoms with Crippen LogP contribution in [0.15, 0.2) is 45.9 Å². The zero-order valence-corrected chi connectivity index (χ0v) is 11.8. The van der Waals surface area contributed by atoms with Crippen molar-refractivity contribution in [1.29, 1.82) is 0 Å². The number of unbranched alkanes of at least 4 members (excludes halogenated alkanes) is 1. The van der Waals surface area contributed by atoms with Crippen molar-refractivity contribution in [2.24, 2.45) is 0 Å². The number of thiol groups is 2. The Morgan fingerprint density at radius 2 is 1.38 bits per heavy atom. The van der Waals surface area contributed by atoms with Gasteiger partial charge in [-0.15, -0.1) is 0 Å². The maximum atomic E-state index is 2.48. The molecule has 2 aliphatic rings. The predicted molar refractivity (Wildman–Crippen MR) is 82.1 cm³/mol. The second-order valence-electron chi connectivity index (χ2n) is 4.34. The molecule has 0 bridgehead atoms. The summed E-state index contributed by atoms with van der Waals surface area (Å²) in [5.74, 6) is 0. The van der Waals surface area contributed by atoms with Gasteiger partial charge in [0.15, 0.2) is 0 Å². The highest BCUT2D eigenvalue weighted by Crippen LogP contribution is 2.63. The summed E-state index contributed by atoms with van der Waals surface area (Å²) in [4.78, 5) is 0. The zero-order chi connectivity index (χ0) is 11.4. The van der Waals surface area contributed by atoms with Crippen LogP contribution in [-0.4, -0.2) is 4.08 Å². The van der Waals surface area contributed by atoms with E-state index in [2.05, 4.69) is 66.2 Å². The summed E-state index contributed by atoms with van der Waals surface area (Å²) in [5, 5.41) is 9.70. The van der Waals surface area contributed by atoms with Crippen LogP contribution in [-0.2, 0) is 0 Å². The summed E-state index contributed by atoms with van der Waals surface area (Å²) in [6, 6.07) is 0. The van der Waals surface area contributed by atoms with Gasteiger partial charge in [-0.1, -0.05) is 31.2 Å². The van der Waals surface area contributed by atoms with Crippen LogP contribution in [0.25, 0.3) is 0 Å². The Labute approximate surface area is 105 Å². The number of allylic oxidation sites excluding steroid dienone is 4. The third kappa shape index (κ3) is 2.33. The Bertz CT molecular complexity index is 298. The molecule has 0 atom stereocenters. The van der Waals surface area contributed by atoms with Crippen LogP contribution in [0.5, 0.6) is 0 Å².